The lowest BCUT2D eigenvalue weighted by Gasteiger charge is -2.05. The van der Waals surface area contributed by atoms with Gasteiger partial charge in [0.1, 0.15) is 0 Å². The lowest BCUT2D eigenvalue weighted by molar-refractivity contribution is 0.198. The van der Waals surface area contributed by atoms with Gasteiger partial charge in [-0.3, -0.25) is 0 Å². The number of H-pyrrole nitrogens is 1. The number of nitrogen functional groups attached to an aromatic ring is 1. The number of aryl methyl sites for hydroxylation is 1. The Morgan fingerprint density at radius 1 is 1.40 bits per heavy atom. The number of nitrogens with one attached hydrogen (secondary N) is 2. The van der Waals surface area contributed by atoms with Crippen molar-refractivity contribution in [2.24, 2.45) is 0 Å². The van der Waals surface area contributed by atoms with E-state index in [1.807, 2.05) is 19.1 Å². The van der Waals surface area contributed by atoms with Crippen molar-refractivity contribution in [2.45, 2.75) is 13.5 Å². The molecule has 0 spiro atoms. The van der Waals surface area contributed by atoms with Crippen LogP contribution >= 0.6 is 11.6 Å². The predicted octanol–water partition coefficient (Wildman–Crippen LogP) is 3.30. The molecule has 1 aromatic carbocycles. The smallest absolute Gasteiger partial charge is 0.393 e. The number of ether oxygens (including phenoxy) is 1. The van der Waals surface area contributed by atoms with Crippen molar-refractivity contribution in [3.05, 3.63) is 58.9 Å². The number of carbonyl (C=O) groups excluding carboxylic acids is 1. The highest BCUT2D eigenvalue weighted by atomic mass is 35.5. The molecule has 0 radical (unpaired) electrons. The van der Waals surface area contributed by atoms with Gasteiger partial charge in [0.2, 0.25) is 11.8 Å². The SMILES string of the molecule is Cc1cnc(N)nc1-c1c[nH]c(OC(=O)NCc2cccc(Cl)c2)c1. The Morgan fingerprint density at radius 3 is 3.04 bits per heavy atom. The van der Waals surface area contributed by atoms with E-state index in [0.717, 1.165) is 16.7 Å². The monoisotopic (exact) mass is 357 g/mol. The molecule has 3 rings (SSSR count). The molecular weight excluding hydrogens is 342 g/mol. The van der Waals surface area contributed by atoms with E-state index in [1.165, 1.54) is 0 Å². The Bertz CT molecular complexity index is 910. The molecule has 2 heterocycles. The number of hydrogen-bond donors (Lipinski definition) is 3. The van der Waals surface area contributed by atoms with Crippen molar-refractivity contribution in [3.63, 3.8) is 0 Å². The number of rotatable bonds is 4. The summed E-state index contributed by atoms with van der Waals surface area (Å²) < 4.78 is 5.23. The number of aromatic amines is 1. The second-order valence-corrected chi connectivity index (χ2v) is 5.82. The minimum absolute atomic E-state index is 0.184. The first-order valence-electron chi connectivity index (χ1n) is 7.49. The van der Waals surface area contributed by atoms with Crippen LogP contribution in [0.3, 0.4) is 0 Å². The maximum atomic E-state index is 11.9. The normalized spacial score (nSPS) is 10.5. The van der Waals surface area contributed by atoms with E-state index >= 15 is 0 Å². The first kappa shape index (κ1) is 16.8. The second kappa shape index (κ2) is 7.23. The fourth-order valence-electron chi connectivity index (χ4n) is 2.27. The van der Waals surface area contributed by atoms with E-state index in [2.05, 4.69) is 20.3 Å². The van der Waals surface area contributed by atoms with Gasteiger partial charge in [0.15, 0.2) is 0 Å². The number of amides is 1. The lowest BCUT2D eigenvalue weighted by atomic mass is 10.1. The summed E-state index contributed by atoms with van der Waals surface area (Å²) in [7, 11) is 0. The summed E-state index contributed by atoms with van der Waals surface area (Å²) >= 11 is 5.91. The topological polar surface area (TPSA) is 106 Å². The van der Waals surface area contributed by atoms with Crippen LogP contribution < -0.4 is 15.8 Å². The number of carbonyl (C=O) groups is 1. The Balaban J connectivity index is 1.63. The quantitative estimate of drug-likeness (QED) is 0.664. The van der Waals surface area contributed by atoms with E-state index in [-0.39, 0.29) is 5.95 Å². The van der Waals surface area contributed by atoms with Crippen LogP contribution in [0.2, 0.25) is 5.02 Å². The van der Waals surface area contributed by atoms with Crippen molar-refractivity contribution < 1.29 is 9.53 Å². The van der Waals surface area contributed by atoms with Crippen LogP contribution in [0.15, 0.2) is 42.7 Å². The van der Waals surface area contributed by atoms with Gasteiger partial charge in [-0.1, -0.05) is 23.7 Å². The number of anilines is 1. The summed E-state index contributed by atoms with van der Waals surface area (Å²) in [4.78, 5) is 22.9. The molecule has 0 bridgehead atoms. The summed E-state index contributed by atoms with van der Waals surface area (Å²) in [5.74, 6) is 0.485. The Hall–Kier alpha value is -3.06. The van der Waals surface area contributed by atoms with Gasteiger partial charge in [0, 0.05) is 35.6 Å². The molecule has 0 aliphatic heterocycles. The van der Waals surface area contributed by atoms with Crippen molar-refractivity contribution in [2.75, 3.05) is 5.73 Å². The summed E-state index contributed by atoms with van der Waals surface area (Å²) in [5, 5.41) is 3.27. The highest BCUT2D eigenvalue weighted by Crippen LogP contribution is 2.25. The molecule has 0 saturated heterocycles. The van der Waals surface area contributed by atoms with E-state index in [0.29, 0.717) is 23.1 Å². The Labute approximate surface area is 149 Å². The molecule has 128 valence electrons. The molecule has 25 heavy (non-hydrogen) atoms. The third kappa shape index (κ3) is 4.27. The fraction of sp³-hybridized carbons (Fsp3) is 0.118. The summed E-state index contributed by atoms with van der Waals surface area (Å²) in [6, 6.07) is 8.90. The highest BCUT2D eigenvalue weighted by Gasteiger charge is 2.11. The minimum Gasteiger partial charge on any atom is -0.393 e. The number of hydrogen-bond acceptors (Lipinski definition) is 5. The third-order valence-electron chi connectivity index (χ3n) is 3.45. The highest BCUT2D eigenvalue weighted by molar-refractivity contribution is 6.30. The van der Waals surface area contributed by atoms with Gasteiger partial charge >= 0.3 is 6.09 Å². The summed E-state index contributed by atoms with van der Waals surface area (Å²) in [6.45, 7) is 2.19. The number of aromatic nitrogens is 3. The average Bonchev–Trinajstić information content (AvgIpc) is 3.03. The molecule has 3 aromatic rings. The van der Waals surface area contributed by atoms with Crippen molar-refractivity contribution in [3.8, 4) is 17.1 Å². The minimum atomic E-state index is -0.577. The molecule has 0 saturated carbocycles. The Morgan fingerprint density at radius 2 is 2.24 bits per heavy atom. The van der Waals surface area contributed by atoms with Crippen LogP contribution in [0.25, 0.3) is 11.3 Å². The largest absolute Gasteiger partial charge is 0.414 e. The molecule has 1 amide bonds. The van der Waals surface area contributed by atoms with Crippen LogP contribution in [0.5, 0.6) is 5.88 Å². The molecule has 0 fully saturated rings. The number of nitrogens with zero attached hydrogens (tertiary/aromatic N) is 2. The van der Waals surface area contributed by atoms with Crippen LogP contribution in [0.4, 0.5) is 10.7 Å². The van der Waals surface area contributed by atoms with E-state index in [1.54, 1.807) is 30.6 Å². The van der Waals surface area contributed by atoms with Gasteiger partial charge in [0.25, 0.3) is 0 Å². The van der Waals surface area contributed by atoms with Crippen molar-refractivity contribution in [1.82, 2.24) is 20.3 Å². The fourth-order valence-corrected chi connectivity index (χ4v) is 2.49. The molecular formula is C17H16ClN5O2. The van der Waals surface area contributed by atoms with Crippen molar-refractivity contribution in [1.29, 1.82) is 0 Å². The van der Waals surface area contributed by atoms with Crippen LogP contribution in [-0.4, -0.2) is 21.0 Å². The predicted molar refractivity (Wildman–Crippen MR) is 95.3 cm³/mol. The average molecular weight is 358 g/mol. The maximum absolute atomic E-state index is 11.9. The molecule has 2 aromatic heterocycles. The standard InChI is InChI=1S/C17H16ClN5O2/c1-10-7-21-16(19)23-15(10)12-6-14(20-9-12)25-17(24)22-8-11-3-2-4-13(18)5-11/h2-7,9,20H,8H2,1H3,(H,22,24)(H2,19,21,23). The van der Waals surface area contributed by atoms with E-state index in [9.17, 15) is 4.79 Å². The first-order valence-corrected chi connectivity index (χ1v) is 7.87. The van der Waals surface area contributed by atoms with E-state index in [4.69, 9.17) is 22.1 Å². The summed E-state index contributed by atoms with van der Waals surface area (Å²) in [6.07, 6.45) is 2.75. The third-order valence-corrected chi connectivity index (χ3v) is 3.68. The Kier molecular flexibility index (Phi) is 4.85. The zero-order valence-corrected chi connectivity index (χ0v) is 14.2. The number of nitrogens with two attached hydrogens (primary N) is 1. The maximum Gasteiger partial charge on any atom is 0.414 e. The van der Waals surface area contributed by atoms with Gasteiger partial charge in [-0.15, -0.1) is 0 Å². The number of benzene rings is 1. The molecule has 0 unspecified atom stereocenters. The number of halogens is 1. The summed E-state index contributed by atoms with van der Waals surface area (Å²) in [5.41, 5.74) is 8.80. The molecule has 0 aliphatic rings. The molecule has 4 N–H and O–H groups in total. The zero-order chi connectivity index (χ0) is 17.8. The van der Waals surface area contributed by atoms with Crippen LogP contribution in [0.1, 0.15) is 11.1 Å². The first-order chi connectivity index (χ1) is 12.0. The van der Waals surface area contributed by atoms with Gasteiger partial charge in [-0.25, -0.2) is 14.8 Å². The molecule has 0 aliphatic carbocycles. The van der Waals surface area contributed by atoms with Gasteiger partial charge < -0.3 is 20.8 Å². The van der Waals surface area contributed by atoms with Crippen molar-refractivity contribution >= 4 is 23.6 Å². The van der Waals surface area contributed by atoms with Gasteiger partial charge in [-0.05, 0) is 30.2 Å². The molecule has 7 nitrogen and oxygen atoms in total. The van der Waals surface area contributed by atoms with Gasteiger partial charge in [-0.2, -0.15) is 0 Å². The zero-order valence-electron chi connectivity index (χ0n) is 13.4. The van der Waals surface area contributed by atoms with Crippen LogP contribution in [-0.2, 0) is 6.54 Å². The lowest BCUT2D eigenvalue weighted by Crippen LogP contribution is -2.26. The van der Waals surface area contributed by atoms with Crippen LogP contribution in [0, 0.1) is 6.92 Å². The van der Waals surface area contributed by atoms with Gasteiger partial charge in [0.05, 0.1) is 5.69 Å². The second-order valence-electron chi connectivity index (χ2n) is 5.39. The molecule has 0 atom stereocenters. The van der Waals surface area contributed by atoms with E-state index < -0.39 is 6.09 Å². The molecule has 8 heteroatoms.